The van der Waals surface area contributed by atoms with E-state index in [2.05, 4.69) is 28.3 Å². The highest BCUT2D eigenvalue weighted by Crippen LogP contribution is 2.24. The van der Waals surface area contributed by atoms with Gasteiger partial charge in [0.2, 0.25) is 0 Å². The molecule has 1 aliphatic heterocycles. The number of rotatable bonds is 6. The number of hydrogen-bond acceptors (Lipinski definition) is 6. The molecule has 1 fully saturated rings. The van der Waals surface area contributed by atoms with Gasteiger partial charge in [-0.25, -0.2) is 0 Å². The summed E-state index contributed by atoms with van der Waals surface area (Å²) >= 11 is 0. The third-order valence-electron chi connectivity index (χ3n) is 6.55. The molecule has 3 heterocycles. The Labute approximate surface area is 204 Å². The molecule has 0 N–H and O–H groups in total. The fourth-order valence-electron chi connectivity index (χ4n) is 4.62. The first-order valence-electron chi connectivity index (χ1n) is 11.9. The van der Waals surface area contributed by atoms with Crippen molar-refractivity contribution in [3.05, 3.63) is 89.1 Å². The Morgan fingerprint density at radius 3 is 2.91 bits per heavy atom. The van der Waals surface area contributed by atoms with E-state index < -0.39 is 0 Å². The number of carbonyl (C=O) groups excluding carboxylic acids is 1. The quantitative estimate of drug-likeness (QED) is 0.404. The van der Waals surface area contributed by atoms with E-state index in [4.69, 9.17) is 14.0 Å². The van der Waals surface area contributed by atoms with Crippen LogP contribution in [0.2, 0.25) is 0 Å². The summed E-state index contributed by atoms with van der Waals surface area (Å²) in [7, 11) is 0. The first-order chi connectivity index (χ1) is 17.1. The molecule has 1 aliphatic rings. The molecular weight excluding hydrogens is 442 g/mol. The summed E-state index contributed by atoms with van der Waals surface area (Å²) in [6, 6.07) is 15.7. The standard InChI is InChI=1S/C28H29N3O4/c1-19-27(20(2)35-30-19)18-34-25-8-4-7-24(14-25)28(32)31-11-12-33-17-21(16-31)13-23-6-3-5-22-9-10-29-15-26(22)23/h3-10,14-15,21H,11-13,16-18H2,1-2H3. The second-order valence-electron chi connectivity index (χ2n) is 9.03. The van der Waals surface area contributed by atoms with E-state index in [0.29, 0.717) is 44.2 Å². The Morgan fingerprint density at radius 1 is 1.17 bits per heavy atom. The van der Waals surface area contributed by atoms with Crippen LogP contribution in [0.5, 0.6) is 5.75 Å². The third kappa shape index (κ3) is 5.20. The number of aromatic nitrogens is 2. The average molecular weight is 472 g/mol. The van der Waals surface area contributed by atoms with Crippen molar-refractivity contribution in [3.63, 3.8) is 0 Å². The van der Waals surface area contributed by atoms with Crippen molar-refractivity contribution >= 4 is 16.7 Å². The number of carbonyl (C=O) groups is 1. The van der Waals surface area contributed by atoms with Gasteiger partial charge < -0.3 is 18.9 Å². The maximum absolute atomic E-state index is 13.4. The second kappa shape index (κ2) is 10.3. The Morgan fingerprint density at radius 2 is 2.06 bits per heavy atom. The van der Waals surface area contributed by atoms with Gasteiger partial charge in [-0.3, -0.25) is 9.78 Å². The number of pyridine rings is 1. The van der Waals surface area contributed by atoms with Gasteiger partial charge in [-0.2, -0.15) is 0 Å². The van der Waals surface area contributed by atoms with Gasteiger partial charge in [-0.1, -0.05) is 29.4 Å². The molecule has 2 aromatic heterocycles. The molecular formula is C28H29N3O4. The molecule has 180 valence electrons. The first-order valence-corrected chi connectivity index (χ1v) is 11.9. The largest absolute Gasteiger partial charge is 0.489 e. The molecule has 0 spiro atoms. The molecule has 1 amide bonds. The summed E-state index contributed by atoms with van der Waals surface area (Å²) < 4.78 is 17.0. The monoisotopic (exact) mass is 471 g/mol. The molecule has 5 rings (SSSR count). The molecule has 35 heavy (non-hydrogen) atoms. The van der Waals surface area contributed by atoms with Crippen LogP contribution in [0.4, 0.5) is 0 Å². The lowest BCUT2D eigenvalue weighted by molar-refractivity contribution is 0.0737. The van der Waals surface area contributed by atoms with E-state index >= 15 is 0 Å². The van der Waals surface area contributed by atoms with Gasteiger partial charge in [0.25, 0.3) is 5.91 Å². The zero-order chi connectivity index (χ0) is 24.2. The Bertz CT molecular complexity index is 1310. The molecule has 7 nitrogen and oxygen atoms in total. The minimum Gasteiger partial charge on any atom is -0.489 e. The van der Waals surface area contributed by atoms with Crippen LogP contribution in [0.3, 0.4) is 0 Å². The van der Waals surface area contributed by atoms with Gasteiger partial charge in [0.1, 0.15) is 18.1 Å². The predicted octanol–water partition coefficient (Wildman–Crippen LogP) is 4.75. The van der Waals surface area contributed by atoms with Gasteiger partial charge in [-0.05, 0) is 55.5 Å². The number of nitrogens with zero attached hydrogens (tertiary/aromatic N) is 3. The minimum atomic E-state index is -0.0112. The van der Waals surface area contributed by atoms with Gasteiger partial charge in [-0.15, -0.1) is 0 Å². The molecule has 0 bridgehead atoms. The molecule has 0 saturated carbocycles. The van der Waals surface area contributed by atoms with E-state index in [1.807, 2.05) is 55.4 Å². The smallest absolute Gasteiger partial charge is 0.254 e. The zero-order valence-corrected chi connectivity index (χ0v) is 20.1. The molecule has 1 saturated heterocycles. The summed E-state index contributed by atoms with van der Waals surface area (Å²) in [6.07, 6.45) is 4.56. The number of aryl methyl sites for hydroxylation is 2. The number of hydrogen-bond donors (Lipinski definition) is 0. The maximum atomic E-state index is 13.4. The average Bonchev–Trinajstić information content (AvgIpc) is 3.06. The normalized spacial score (nSPS) is 16.3. The fourth-order valence-corrected chi connectivity index (χ4v) is 4.62. The van der Waals surface area contributed by atoms with Gasteiger partial charge >= 0.3 is 0 Å². The van der Waals surface area contributed by atoms with Crippen LogP contribution in [0.25, 0.3) is 10.8 Å². The van der Waals surface area contributed by atoms with Crippen molar-refractivity contribution < 1.29 is 18.8 Å². The minimum absolute atomic E-state index is 0.0112. The summed E-state index contributed by atoms with van der Waals surface area (Å²) in [6.45, 7) is 6.46. The summed E-state index contributed by atoms with van der Waals surface area (Å²) in [4.78, 5) is 19.6. The third-order valence-corrected chi connectivity index (χ3v) is 6.55. The lowest BCUT2D eigenvalue weighted by Gasteiger charge is -2.24. The van der Waals surface area contributed by atoms with Crippen molar-refractivity contribution in [1.29, 1.82) is 0 Å². The summed E-state index contributed by atoms with van der Waals surface area (Å²) in [5.74, 6) is 1.57. The summed E-state index contributed by atoms with van der Waals surface area (Å²) in [5, 5.41) is 6.29. The van der Waals surface area contributed by atoms with Crippen LogP contribution in [0.15, 0.2) is 65.4 Å². The molecule has 4 aromatic rings. The van der Waals surface area contributed by atoms with Gasteiger partial charge in [0, 0.05) is 42.4 Å². The lowest BCUT2D eigenvalue weighted by atomic mass is 9.95. The highest BCUT2D eigenvalue weighted by atomic mass is 16.5. The fraction of sp³-hybridized carbons (Fsp3) is 0.321. The molecule has 7 heteroatoms. The van der Waals surface area contributed by atoms with Crippen molar-refractivity contribution in [2.24, 2.45) is 5.92 Å². The first kappa shape index (κ1) is 23.1. The molecule has 0 radical (unpaired) electrons. The second-order valence-corrected chi connectivity index (χ2v) is 9.03. The lowest BCUT2D eigenvalue weighted by Crippen LogP contribution is -2.36. The van der Waals surface area contributed by atoms with Crippen LogP contribution >= 0.6 is 0 Å². The number of amides is 1. The molecule has 0 aliphatic carbocycles. The number of benzene rings is 2. The highest BCUT2D eigenvalue weighted by molar-refractivity contribution is 5.94. The zero-order valence-electron chi connectivity index (χ0n) is 20.1. The van der Waals surface area contributed by atoms with Gasteiger partial charge in [0.05, 0.1) is 24.5 Å². The maximum Gasteiger partial charge on any atom is 0.254 e. The topological polar surface area (TPSA) is 77.7 Å². The van der Waals surface area contributed by atoms with Crippen molar-refractivity contribution in [2.75, 3.05) is 26.3 Å². The van der Waals surface area contributed by atoms with E-state index in [0.717, 1.165) is 28.8 Å². The van der Waals surface area contributed by atoms with Crippen LogP contribution in [0.1, 0.15) is 32.9 Å². The SMILES string of the molecule is Cc1noc(C)c1COc1cccc(C(=O)N2CCOCC(Cc3cccc4ccncc34)C2)c1. The number of ether oxygens (including phenoxy) is 2. The van der Waals surface area contributed by atoms with Crippen molar-refractivity contribution in [2.45, 2.75) is 26.9 Å². The van der Waals surface area contributed by atoms with Crippen molar-refractivity contribution in [1.82, 2.24) is 15.0 Å². The number of fused-ring (bicyclic) bond motifs is 1. The van der Waals surface area contributed by atoms with Crippen LogP contribution < -0.4 is 4.74 Å². The molecule has 1 unspecified atom stereocenters. The summed E-state index contributed by atoms with van der Waals surface area (Å²) in [5.41, 5.74) is 3.58. The van der Waals surface area contributed by atoms with E-state index in [-0.39, 0.29) is 11.8 Å². The molecule has 1 atom stereocenters. The Balaban J connectivity index is 1.28. The predicted molar refractivity (Wildman–Crippen MR) is 132 cm³/mol. The van der Waals surface area contributed by atoms with E-state index in [1.54, 1.807) is 6.07 Å². The van der Waals surface area contributed by atoms with Gasteiger partial charge in [0.15, 0.2) is 0 Å². The Kier molecular flexibility index (Phi) is 6.77. The van der Waals surface area contributed by atoms with E-state index in [1.165, 1.54) is 10.9 Å². The molecule has 2 aromatic carbocycles. The highest BCUT2D eigenvalue weighted by Gasteiger charge is 2.24. The van der Waals surface area contributed by atoms with E-state index in [9.17, 15) is 4.79 Å². The van der Waals surface area contributed by atoms with Crippen molar-refractivity contribution in [3.8, 4) is 5.75 Å². The van der Waals surface area contributed by atoms with Crippen LogP contribution in [-0.4, -0.2) is 47.3 Å². The Hall–Kier alpha value is -3.71. The van der Waals surface area contributed by atoms with Crippen LogP contribution in [-0.2, 0) is 17.8 Å². The van der Waals surface area contributed by atoms with Crippen LogP contribution in [0, 0.1) is 19.8 Å².